The van der Waals surface area contributed by atoms with Crippen LogP contribution in [0.4, 0.5) is 18.9 Å². The van der Waals surface area contributed by atoms with Gasteiger partial charge in [0.25, 0.3) is 11.8 Å². The van der Waals surface area contributed by atoms with Crippen molar-refractivity contribution in [3.05, 3.63) is 29.8 Å². The number of amides is 2. The summed E-state index contributed by atoms with van der Waals surface area (Å²) in [6.45, 7) is -0.267. The predicted octanol–water partition coefficient (Wildman–Crippen LogP) is 1.95. The van der Waals surface area contributed by atoms with Crippen LogP contribution in [0.1, 0.15) is 17.3 Å². The normalized spacial score (nSPS) is 12.6. The second-order valence-electron chi connectivity index (χ2n) is 4.21. The smallest absolute Gasteiger partial charge is 0.359 e. The molecule has 116 valence electrons. The van der Waals surface area contributed by atoms with E-state index in [0.717, 1.165) is 0 Å². The van der Waals surface area contributed by atoms with Gasteiger partial charge in [0.15, 0.2) is 0 Å². The number of rotatable bonds is 5. The third-order valence-electron chi connectivity index (χ3n) is 2.51. The van der Waals surface area contributed by atoms with Gasteiger partial charge in [0.05, 0.1) is 0 Å². The van der Waals surface area contributed by atoms with Crippen molar-refractivity contribution in [1.29, 1.82) is 0 Å². The molecule has 0 aromatic heterocycles. The molecule has 21 heavy (non-hydrogen) atoms. The van der Waals surface area contributed by atoms with Crippen molar-refractivity contribution in [2.24, 2.45) is 0 Å². The number of hydrogen-bond acceptors (Lipinski definition) is 3. The standard InChI is InChI=1S/C13H15F3N2O3/c1-8(21-7-13(14,15)16)11(19)18-10-5-3-9(4-6-10)12(20)17-2/h3-6,8H,7H2,1-2H3,(H,17,20)(H,18,19)/t8-/m0/s1. The number of benzene rings is 1. The van der Waals surface area contributed by atoms with E-state index in [-0.39, 0.29) is 5.91 Å². The van der Waals surface area contributed by atoms with Crippen molar-refractivity contribution in [3.63, 3.8) is 0 Å². The van der Waals surface area contributed by atoms with Gasteiger partial charge in [-0.3, -0.25) is 9.59 Å². The van der Waals surface area contributed by atoms with Crippen LogP contribution in [0.3, 0.4) is 0 Å². The number of carbonyl (C=O) groups is 2. The van der Waals surface area contributed by atoms with Gasteiger partial charge < -0.3 is 15.4 Å². The molecule has 2 N–H and O–H groups in total. The largest absolute Gasteiger partial charge is 0.411 e. The zero-order chi connectivity index (χ0) is 16.0. The third-order valence-corrected chi connectivity index (χ3v) is 2.51. The van der Waals surface area contributed by atoms with Crippen molar-refractivity contribution in [3.8, 4) is 0 Å². The molecule has 0 bridgehead atoms. The average molecular weight is 304 g/mol. The lowest BCUT2D eigenvalue weighted by Crippen LogP contribution is -2.31. The minimum atomic E-state index is -4.48. The molecule has 0 saturated heterocycles. The molecule has 5 nitrogen and oxygen atoms in total. The van der Waals surface area contributed by atoms with Crippen molar-refractivity contribution in [1.82, 2.24) is 5.32 Å². The highest BCUT2D eigenvalue weighted by molar-refractivity contribution is 5.96. The van der Waals surface area contributed by atoms with E-state index < -0.39 is 24.8 Å². The highest BCUT2D eigenvalue weighted by Crippen LogP contribution is 2.16. The minimum Gasteiger partial charge on any atom is -0.359 e. The van der Waals surface area contributed by atoms with Crippen LogP contribution in [0.2, 0.25) is 0 Å². The molecule has 0 fully saturated rings. The Morgan fingerprint density at radius 3 is 2.29 bits per heavy atom. The zero-order valence-electron chi connectivity index (χ0n) is 11.5. The third kappa shape index (κ3) is 5.82. The van der Waals surface area contributed by atoms with Gasteiger partial charge in [-0.15, -0.1) is 0 Å². The topological polar surface area (TPSA) is 67.4 Å². The molecule has 0 heterocycles. The number of halogens is 3. The molecule has 1 rings (SSSR count). The number of hydrogen-bond donors (Lipinski definition) is 2. The van der Waals surface area contributed by atoms with Crippen LogP contribution in [0.15, 0.2) is 24.3 Å². The Morgan fingerprint density at radius 1 is 1.24 bits per heavy atom. The Labute approximate surface area is 119 Å². The number of carbonyl (C=O) groups excluding carboxylic acids is 2. The van der Waals surface area contributed by atoms with Crippen molar-refractivity contribution in [2.45, 2.75) is 19.2 Å². The molecular weight excluding hydrogens is 289 g/mol. The zero-order valence-corrected chi connectivity index (χ0v) is 11.5. The molecule has 0 saturated carbocycles. The number of alkyl halides is 3. The predicted molar refractivity (Wildman–Crippen MR) is 69.9 cm³/mol. The van der Waals surface area contributed by atoms with Crippen LogP contribution in [-0.2, 0) is 9.53 Å². The molecule has 1 aromatic carbocycles. The Morgan fingerprint density at radius 2 is 1.81 bits per heavy atom. The van der Waals surface area contributed by atoms with E-state index in [2.05, 4.69) is 15.4 Å². The first-order valence-corrected chi connectivity index (χ1v) is 6.04. The van der Waals surface area contributed by atoms with E-state index in [1.165, 1.54) is 38.2 Å². The van der Waals surface area contributed by atoms with Gasteiger partial charge in [-0.05, 0) is 31.2 Å². The summed E-state index contributed by atoms with van der Waals surface area (Å²) in [4.78, 5) is 22.9. The van der Waals surface area contributed by atoms with Crippen molar-refractivity contribution < 1.29 is 27.5 Å². The fraction of sp³-hybridized carbons (Fsp3) is 0.385. The molecule has 0 aliphatic rings. The summed E-state index contributed by atoms with van der Waals surface area (Å²) in [6, 6.07) is 5.91. The van der Waals surface area contributed by atoms with E-state index >= 15 is 0 Å². The van der Waals surface area contributed by atoms with Gasteiger partial charge in [-0.25, -0.2) is 0 Å². The van der Waals surface area contributed by atoms with Crippen LogP contribution in [-0.4, -0.2) is 37.7 Å². The summed E-state index contributed by atoms with van der Waals surface area (Å²) >= 11 is 0. The maximum absolute atomic E-state index is 12.0. The van der Waals surface area contributed by atoms with Gasteiger partial charge >= 0.3 is 6.18 Å². The van der Waals surface area contributed by atoms with Crippen molar-refractivity contribution in [2.75, 3.05) is 19.0 Å². The Kier molecular flexibility index (Phi) is 5.71. The fourth-order valence-electron chi connectivity index (χ4n) is 1.39. The van der Waals surface area contributed by atoms with Crippen LogP contribution >= 0.6 is 0 Å². The van der Waals surface area contributed by atoms with E-state index in [1.807, 2.05) is 0 Å². The molecule has 1 aromatic rings. The van der Waals surface area contributed by atoms with E-state index in [9.17, 15) is 22.8 Å². The van der Waals surface area contributed by atoms with E-state index in [1.54, 1.807) is 0 Å². The number of anilines is 1. The number of nitrogens with one attached hydrogen (secondary N) is 2. The first-order chi connectivity index (χ1) is 9.73. The fourth-order valence-corrected chi connectivity index (χ4v) is 1.39. The second-order valence-corrected chi connectivity index (χ2v) is 4.21. The van der Waals surface area contributed by atoms with E-state index in [0.29, 0.717) is 11.3 Å². The Balaban J connectivity index is 2.56. The SMILES string of the molecule is CNC(=O)c1ccc(NC(=O)[C@H](C)OCC(F)(F)F)cc1. The second kappa shape index (κ2) is 7.07. The summed E-state index contributed by atoms with van der Waals surface area (Å²) in [6.07, 6.45) is -5.73. The van der Waals surface area contributed by atoms with Gasteiger partial charge in [0.2, 0.25) is 0 Å². The molecule has 1 atom stereocenters. The summed E-state index contributed by atoms with van der Waals surface area (Å²) in [5.41, 5.74) is 0.756. The monoisotopic (exact) mass is 304 g/mol. The summed E-state index contributed by atoms with van der Waals surface area (Å²) < 4.78 is 40.3. The molecular formula is C13H15F3N2O3. The van der Waals surface area contributed by atoms with Crippen molar-refractivity contribution >= 4 is 17.5 Å². The molecule has 0 radical (unpaired) electrons. The maximum atomic E-state index is 12.0. The first kappa shape index (κ1) is 17.0. The summed E-state index contributed by atoms with van der Waals surface area (Å²) in [7, 11) is 1.48. The van der Waals surface area contributed by atoms with Gasteiger partial charge in [-0.1, -0.05) is 0 Å². The van der Waals surface area contributed by atoms with Gasteiger partial charge in [0.1, 0.15) is 12.7 Å². The highest BCUT2D eigenvalue weighted by atomic mass is 19.4. The van der Waals surface area contributed by atoms with Gasteiger partial charge in [0, 0.05) is 18.3 Å². The number of ether oxygens (including phenoxy) is 1. The maximum Gasteiger partial charge on any atom is 0.411 e. The average Bonchev–Trinajstić information content (AvgIpc) is 2.43. The molecule has 0 unspecified atom stereocenters. The van der Waals surface area contributed by atoms with Crippen LogP contribution in [0.25, 0.3) is 0 Å². The summed E-state index contributed by atoms with van der Waals surface area (Å²) in [5.74, 6) is -0.985. The van der Waals surface area contributed by atoms with Crippen LogP contribution in [0.5, 0.6) is 0 Å². The quantitative estimate of drug-likeness (QED) is 0.874. The van der Waals surface area contributed by atoms with E-state index in [4.69, 9.17) is 0 Å². The first-order valence-electron chi connectivity index (χ1n) is 6.04. The van der Waals surface area contributed by atoms with Crippen LogP contribution in [0, 0.1) is 0 Å². The lowest BCUT2D eigenvalue weighted by Gasteiger charge is -2.14. The molecule has 0 aliphatic carbocycles. The minimum absolute atomic E-state index is 0.283. The molecule has 2 amide bonds. The molecule has 8 heteroatoms. The molecule has 0 spiro atoms. The lowest BCUT2D eigenvalue weighted by molar-refractivity contribution is -0.184. The van der Waals surface area contributed by atoms with Crippen LogP contribution < -0.4 is 10.6 Å². The Hall–Kier alpha value is -2.09. The summed E-state index contributed by atoms with van der Waals surface area (Å²) in [5, 5.41) is 4.84. The Bertz CT molecular complexity index is 500. The highest BCUT2D eigenvalue weighted by Gasteiger charge is 2.29. The lowest BCUT2D eigenvalue weighted by atomic mass is 10.2. The molecule has 0 aliphatic heterocycles. The van der Waals surface area contributed by atoms with Gasteiger partial charge in [-0.2, -0.15) is 13.2 Å².